The molecule has 23 heavy (non-hydrogen) atoms. The van der Waals surface area contributed by atoms with Gasteiger partial charge in [0, 0.05) is 19.2 Å². The quantitative estimate of drug-likeness (QED) is 0.777. The second kappa shape index (κ2) is 5.89. The van der Waals surface area contributed by atoms with E-state index in [9.17, 15) is 18.0 Å². The van der Waals surface area contributed by atoms with Gasteiger partial charge < -0.3 is 10.2 Å². The van der Waals surface area contributed by atoms with E-state index in [2.05, 4.69) is 30.5 Å². The molecule has 1 aliphatic rings. The second-order valence-corrected chi connectivity index (χ2v) is 5.11. The second-order valence-electron chi connectivity index (χ2n) is 5.11. The Morgan fingerprint density at radius 2 is 2.00 bits per heavy atom. The third-order valence-corrected chi connectivity index (χ3v) is 3.38. The molecule has 2 aromatic heterocycles. The van der Waals surface area contributed by atoms with Crippen molar-refractivity contribution in [3.05, 3.63) is 28.1 Å². The van der Waals surface area contributed by atoms with Gasteiger partial charge in [-0.1, -0.05) is 0 Å². The minimum absolute atomic E-state index is 0.0260. The molecule has 11 heteroatoms. The molecule has 1 fully saturated rings. The van der Waals surface area contributed by atoms with Crippen LogP contribution in [0.25, 0.3) is 0 Å². The van der Waals surface area contributed by atoms with Gasteiger partial charge >= 0.3 is 11.9 Å². The van der Waals surface area contributed by atoms with E-state index in [0.29, 0.717) is 13.1 Å². The molecule has 3 rings (SSSR count). The lowest BCUT2D eigenvalue weighted by molar-refractivity contribution is -0.141. The van der Waals surface area contributed by atoms with Crippen LogP contribution in [0.2, 0.25) is 0 Å². The van der Waals surface area contributed by atoms with Crippen molar-refractivity contribution >= 4 is 11.8 Å². The van der Waals surface area contributed by atoms with Crippen molar-refractivity contribution in [2.24, 2.45) is 0 Å². The van der Waals surface area contributed by atoms with E-state index in [0.717, 1.165) is 18.9 Å². The van der Waals surface area contributed by atoms with E-state index >= 15 is 0 Å². The van der Waals surface area contributed by atoms with Crippen LogP contribution in [0.1, 0.15) is 24.4 Å². The summed E-state index contributed by atoms with van der Waals surface area (Å²) in [5.41, 5.74) is -1.49. The van der Waals surface area contributed by atoms with Crippen molar-refractivity contribution in [3.63, 3.8) is 0 Å². The van der Waals surface area contributed by atoms with E-state index in [1.165, 1.54) is 0 Å². The van der Waals surface area contributed by atoms with Crippen LogP contribution in [0.5, 0.6) is 0 Å². The molecule has 0 radical (unpaired) electrons. The van der Waals surface area contributed by atoms with Gasteiger partial charge in [-0.25, -0.2) is 14.9 Å². The van der Waals surface area contributed by atoms with Crippen LogP contribution in [0.4, 0.5) is 24.9 Å². The highest BCUT2D eigenvalue weighted by atomic mass is 19.4. The zero-order chi connectivity index (χ0) is 16.4. The van der Waals surface area contributed by atoms with Gasteiger partial charge in [0.05, 0.1) is 6.54 Å². The van der Waals surface area contributed by atoms with E-state index in [1.807, 2.05) is 0 Å². The van der Waals surface area contributed by atoms with Crippen molar-refractivity contribution in [1.29, 1.82) is 0 Å². The summed E-state index contributed by atoms with van der Waals surface area (Å²) in [5.74, 6) is 0.346. The summed E-state index contributed by atoms with van der Waals surface area (Å²) in [5, 5.41) is 8.57. The van der Waals surface area contributed by atoms with Crippen molar-refractivity contribution in [2.45, 2.75) is 25.6 Å². The smallest absolute Gasteiger partial charge is 0.363 e. The van der Waals surface area contributed by atoms with E-state index in [-0.39, 0.29) is 24.1 Å². The molecular formula is C12H14F3N7O. The molecule has 1 aliphatic heterocycles. The standard InChI is InChI=1S/C12H14F3N7O/c13-12(14,15)7-5-8(16-6-9-19-11(23)21-20-9)18-10(17-7)22-3-1-2-4-22/h5H,1-4,6H2,(H,16,17,18)(H2,19,20,21,23). The Hall–Kier alpha value is -2.59. The van der Waals surface area contributed by atoms with Crippen LogP contribution in [-0.4, -0.2) is 38.2 Å². The average Bonchev–Trinajstić information content (AvgIpc) is 3.15. The van der Waals surface area contributed by atoms with Gasteiger partial charge in [0.15, 0.2) is 5.69 Å². The molecule has 8 nitrogen and oxygen atoms in total. The third kappa shape index (κ3) is 3.60. The van der Waals surface area contributed by atoms with Crippen LogP contribution < -0.4 is 15.9 Å². The molecule has 0 unspecified atom stereocenters. The predicted octanol–water partition coefficient (Wildman–Crippen LogP) is 1.12. The molecule has 0 spiro atoms. The number of halogens is 3. The lowest BCUT2D eigenvalue weighted by atomic mass is 10.3. The lowest BCUT2D eigenvalue weighted by Gasteiger charge is -2.18. The van der Waals surface area contributed by atoms with Gasteiger partial charge in [-0.15, -0.1) is 0 Å². The summed E-state index contributed by atoms with van der Waals surface area (Å²) in [6, 6.07) is 0.838. The molecule has 3 N–H and O–H groups in total. The van der Waals surface area contributed by atoms with Crippen LogP contribution in [0.3, 0.4) is 0 Å². The molecule has 0 bridgehead atoms. The Morgan fingerprint density at radius 3 is 2.61 bits per heavy atom. The number of alkyl halides is 3. The fraction of sp³-hybridized carbons (Fsp3) is 0.500. The number of nitrogens with one attached hydrogen (secondary N) is 3. The first-order chi connectivity index (χ1) is 10.9. The minimum Gasteiger partial charge on any atom is -0.363 e. The normalized spacial score (nSPS) is 15.2. The summed E-state index contributed by atoms with van der Waals surface area (Å²) in [6.45, 7) is 1.30. The zero-order valence-corrected chi connectivity index (χ0v) is 11.9. The van der Waals surface area contributed by atoms with Crippen LogP contribution in [0.15, 0.2) is 10.9 Å². The topological polar surface area (TPSA) is 103 Å². The molecule has 0 amide bonds. The lowest BCUT2D eigenvalue weighted by Crippen LogP contribution is -2.23. The first-order valence-electron chi connectivity index (χ1n) is 7.00. The Balaban J connectivity index is 1.85. The third-order valence-electron chi connectivity index (χ3n) is 3.38. The number of aromatic nitrogens is 5. The Kier molecular flexibility index (Phi) is 3.92. The van der Waals surface area contributed by atoms with Crippen molar-refractivity contribution in [3.8, 4) is 0 Å². The largest absolute Gasteiger partial charge is 0.433 e. The number of hydrogen-bond donors (Lipinski definition) is 3. The average molecular weight is 329 g/mol. The summed E-state index contributed by atoms with van der Waals surface area (Å²) in [4.78, 5) is 22.8. The zero-order valence-electron chi connectivity index (χ0n) is 11.9. The van der Waals surface area contributed by atoms with Crippen molar-refractivity contribution in [1.82, 2.24) is 25.1 Å². The number of anilines is 2. The molecule has 0 aliphatic carbocycles. The maximum atomic E-state index is 13.0. The Bertz CT molecular complexity index is 733. The molecule has 3 heterocycles. The first-order valence-corrected chi connectivity index (χ1v) is 7.00. The number of hydrogen-bond acceptors (Lipinski definition) is 6. The Morgan fingerprint density at radius 1 is 1.26 bits per heavy atom. The predicted molar refractivity (Wildman–Crippen MR) is 75.0 cm³/mol. The first kappa shape index (κ1) is 15.3. The highest BCUT2D eigenvalue weighted by Crippen LogP contribution is 2.31. The molecule has 1 saturated heterocycles. The van der Waals surface area contributed by atoms with E-state index in [1.54, 1.807) is 4.90 Å². The Labute approximate surface area is 128 Å². The van der Waals surface area contributed by atoms with E-state index < -0.39 is 17.6 Å². The van der Waals surface area contributed by atoms with Gasteiger partial charge in [-0.05, 0) is 12.8 Å². The van der Waals surface area contributed by atoms with Gasteiger partial charge in [0.1, 0.15) is 11.6 Å². The summed E-state index contributed by atoms with van der Waals surface area (Å²) >= 11 is 0. The van der Waals surface area contributed by atoms with Gasteiger partial charge in [-0.2, -0.15) is 23.3 Å². The highest BCUT2D eigenvalue weighted by Gasteiger charge is 2.34. The van der Waals surface area contributed by atoms with Gasteiger partial charge in [0.25, 0.3) is 0 Å². The fourth-order valence-corrected chi connectivity index (χ4v) is 2.29. The minimum atomic E-state index is -4.56. The number of aromatic amines is 2. The fourth-order valence-electron chi connectivity index (χ4n) is 2.29. The van der Waals surface area contributed by atoms with Crippen LogP contribution in [-0.2, 0) is 12.7 Å². The van der Waals surface area contributed by atoms with E-state index in [4.69, 9.17) is 0 Å². The summed E-state index contributed by atoms with van der Waals surface area (Å²) in [7, 11) is 0. The van der Waals surface area contributed by atoms with Gasteiger partial charge in [0.2, 0.25) is 5.95 Å². The van der Waals surface area contributed by atoms with Crippen molar-refractivity contribution < 1.29 is 13.2 Å². The molecule has 0 atom stereocenters. The maximum absolute atomic E-state index is 13.0. The summed E-state index contributed by atoms with van der Waals surface area (Å²) < 4.78 is 39.0. The van der Waals surface area contributed by atoms with Gasteiger partial charge in [-0.3, -0.25) is 4.98 Å². The SMILES string of the molecule is O=c1[nH]nc(CNc2cc(C(F)(F)F)nc(N3CCCC3)n2)[nH]1. The molecular weight excluding hydrogens is 315 g/mol. The monoisotopic (exact) mass is 329 g/mol. The van der Waals surface area contributed by atoms with Crippen molar-refractivity contribution in [2.75, 3.05) is 23.3 Å². The number of H-pyrrole nitrogens is 2. The molecule has 2 aromatic rings. The highest BCUT2D eigenvalue weighted by molar-refractivity contribution is 5.45. The maximum Gasteiger partial charge on any atom is 0.433 e. The molecule has 124 valence electrons. The number of nitrogens with zero attached hydrogens (tertiary/aromatic N) is 4. The molecule has 0 saturated carbocycles. The van der Waals surface area contributed by atoms with Crippen LogP contribution >= 0.6 is 0 Å². The summed E-state index contributed by atoms with van der Waals surface area (Å²) in [6.07, 6.45) is -2.76. The molecule has 0 aromatic carbocycles. The van der Waals surface area contributed by atoms with Crippen LogP contribution in [0, 0.1) is 0 Å². The number of rotatable bonds is 4.